The standard InChI is InChI=1S/C53H36N2/c1-35-32-37(16-13-31-54(50-24-10-8-17-40(35)50)51-26-12-15-36-14-2-3-18-41(36)51)38-27-30-53-49(33-38)47-23-9-11-25-52(47)55(53)39-28-29-46-44-21-5-4-19-42(44)43-20-6-7-22-45(43)48(46)34-39/h2-34H,1H3. The molecular formula is C53H36N2. The minimum atomic E-state index is 1.16. The van der Waals surface area contributed by atoms with Crippen molar-refractivity contribution in [1.82, 2.24) is 9.13 Å². The van der Waals surface area contributed by atoms with Crippen molar-refractivity contribution in [2.45, 2.75) is 6.92 Å². The van der Waals surface area contributed by atoms with E-state index in [0.717, 1.165) is 16.9 Å². The highest BCUT2D eigenvalue weighted by Gasteiger charge is 2.16. The maximum absolute atomic E-state index is 2.44. The summed E-state index contributed by atoms with van der Waals surface area (Å²) in [5.41, 5.74) is 9.46. The third-order valence-corrected chi connectivity index (χ3v) is 11.5. The third kappa shape index (κ3) is 4.96. The Labute approximate surface area is 319 Å². The van der Waals surface area contributed by atoms with E-state index in [1.165, 1.54) is 87.0 Å². The summed E-state index contributed by atoms with van der Waals surface area (Å²) in [6, 6.07) is 71.1. The molecule has 0 amide bonds. The molecule has 0 saturated heterocycles. The molecule has 0 aliphatic heterocycles. The molecule has 2 aromatic heterocycles. The minimum absolute atomic E-state index is 1.16. The molecule has 2 heterocycles. The molecular weight excluding hydrogens is 665 g/mol. The summed E-state index contributed by atoms with van der Waals surface area (Å²) in [7, 11) is 0. The normalized spacial score (nSPS) is 11.7. The molecule has 0 aliphatic rings. The molecule has 11 rings (SSSR count). The molecule has 0 bridgehead atoms. The van der Waals surface area contributed by atoms with Crippen LogP contribution in [-0.4, -0.2) is 9.13 Å². The van der Waals surface area contributed by atoms with Gasteiger partial charge in [-0.1, -0.05) is 146 Å². The van der Waals surface area contributed by atoms with E-state index in [-0.39, 0.29) is 0 Å². The van der Waals surface area contributed by atoms with Gasteiger partial charge in [-0.05, 0) is 110 Å². The van der Waals surface area contributed by atoms with Gasteiger partial charge in [0.1, 0.15) is 0 Å². The Morgan fingerprint density at radius 2 is 0.891 bits per heavy atom. The molecule has 0 N–H and O–H groups in total. The number of benzene rings is 9. The van der Waals surface area contributed by atoms with Crippen molar-refractivity contribution in [3.05, 3.63) is 206 Å². The quantitative estimate of drug-likeness (QED) is 0.162. The highest BCUT2D eigenvalue weighted by Crippen LogP contribution is 2.39. The van der Waals surface area contributed by atoms with Gasteiger partial charge in [-0.2, -0.15) is 0 Å². The molecule has 258 valence electrons. The second-order valence-electron chi connectivity index (χ2n) is 14.6. The summed E-state index contributed by atoms with van der Waals surface area (Å²) in [5, 5.41) is 13.9. The van der Waals surface area contributed by atoms with Gasteiger partial charge >= 0.3 is 0 Å². The molecule has 9 aromatic carbocycles. The molecule has 0 saturated carbocycles. The van der Waals surface area contributed by atoms with E-state index >= 15 is 0 Å². The smallest absolute Gasteiger partial charge is 0.0541 e. The lowest BCUT2D eigenvalue weighted by atomic mass is 9.94. The average Bonchev–Trinajstić information content (AvgIpc) is 3.61. The number of fused-ring (bicyclic) bond motifs is 11. The first-order valence-electron chi connectivity index (χ1n) is 19.0. The van der Waals surface area contributed by atoms with E-state index in [0.29, 0.717) is 0 Å². The summed E-state index contributed by atoms with van der Waals surface area (Å²) in [6.07, 6.45) is 2.21. The van der Waals surface area contributed by atoms with E-state index in [1.807, 2.05) is 0 Å². The molecule has 0 spiro atoms. The van der Waals surface area contributed by atoms with Crippen LogP contribution in [0.2, 0.25) is 0 Å². The fourth-order valence-corrected chi connectivity index (χ4v) is 8.96. The van der Waals surface area contributed by atoms with Crippen LogP contribution in [0.15, 0.2) is 200 Å². The number of rotatable bonds is 3. The Morgan fingerprint density at radius 1 is 0.327 bits per heavy atom. The molecule has 0 aliphatic carbocycles. The van der Waals surface area contributed by atoms with Crippen LogP contribution in [0.25, 0.3) is 98.3 Å². The van der Waals surface area contributed by atoms with Gasteiger partial charge in [0.2, 0.25) is 0 Å². The van der Waals surface area contributed by atoms with Crippen LogP contribution >= 0.6 is 0 Å². The largest absolute Gasteiger partial charge is 0.316 e. The van der Waals surface area contributed by atoms with Crippen molar-refractivity contribution in [3.63, 3.8) is 0 Å². The van der Waals surface area contributed by atoms with Crippen molar-refractivity contribution < 1.29 is 0 Å². The van der Waals surface area contributed by atoms with Crippen LogP contribution in [0.4, 0.5) is 0 Å². The van der Waals surface area contributed by atoms with Gasteiger partial charge in [-0.25, -0.2) is 0 Å². The molecule has 11 aromatic rings. The van der Waals surface area contributed by atoms with Gasteiger partial charge < -0.3 is 9.13 Å². The molecule has 2 nitrogen and oxygen atoms in total. The monoisotopic (exact) mass is 700 g/mol. The molecule has 0 radical (unpaired) electrons. The molecule has 0 fully saturated rings. The highest BCUT2D eigenvalue weighted by molar-refractivity contribution is 6.25. The van der Waals surface area contributed by atoms with Crippen LogP contribution in [0.1, 0.15) is 5.56 Å². The lowest BCUT2D eigenvalue weighted by Crippen LogP contribution is -1.96. The second-order valence-corrected chi connectivity index (χ2v) is 14.6. The second kappa shape index (κ2) is 12.5. The van der Waals surface area contributed by atoms with Crippen LogP contribution in [0, 0.1) is 6.92 Å². The fraction of sp³-hybridized carbons (Fsp3) is 0.0189. The van der Waals surface area contributed by atoms with E-state index in [4.69, 9.17) is 0 Å². The SMILES string of the molecule is Cc1cc(-c2ccc3c(c2)c2ccccc2n3-c2ccc3c4ccccc4c4ccccc4c3c2)cccn(-c2cccc3ccccc23)c2ccccc12. The predicted molar refractivity (Wildman–Crippen MR) is 235 cm³/mol. The van der Waals surface area contributed by atoms with Crippen LogP contribution in [0.5, 0.6) is 0 Å². The van der Waals surface area contributed by atoms with Gasteiger partial charge in [0, 0.05) is 33.4 Å². The number of nitrogens with zero attached hydrogens (tertiary/aromatic N) is 2. The molecule has 0 atom stereocenters. The van der Waals surface area contributed by atoms with Crippen molar-refractivity contribution in [3.8, 4) is 22.5 Å². The highest BCUT2D eigenvalue weighted by atomic mass is 15.0. The number of hydrogen-bond donors (Lipinski definition) is 0. The first-order chi connectivity index (χ1) is 27.2. The summed E-state index contributed by atoms with van der Waals surface area (Å²) >= 11 is 0. The van der Waals surface area contributed by atoms with Crippen LogP contribution < -0.4 is 0 Å². The topological polar surface area (TPSA) is 9.86 Å². The number of aromatic nitrogens is 2. The lowest BCUT2D eigenvalue weighted by Gasteiger charge is -2.14. The van der Waals surface area contributed by atoms with Crippen molar-refractivity contribution >= 4 is 75.8 Å². The molecule has 0 unspecified atom stereocenters. The Morgan fingerprint density at radius 3 is 1.65 bits per heavy atom. The number of para-hydroxylation sites is 2. The summed E-state index contributed by atoms with van der Waals surface area (Å²) < 4.78 is 4.77. The Kier molecular flexibility index (Phi) is 7.11. The third-order valence-electron chi connectivity index (χ3n) is 11.5. The summed E-state index contributed by atoms with van der Waals surface area (Å²) in [5.74, 6) is 0. The zero-order valence-electron chi connectivity index (χ0n) is 30.4. The average molecular weight is 701 g/mol. The molecule has 55 heavy (non-hydrogen) atoms. The number of hydrogen-bond acceptors (Lipinski definition) is 0. The maximum Gasteiger partial charge on any atom is 0.0541 e. The van der Waals surface area contributed by atoms with Gasteiger partial charge in [0.05, 0.1) is 22.2 Å². The summed E-state index contributed by atoms with van der Waals surface area (Å²) in [4.78, 5) is 0. The van der Waals surface area contributed by atoms with E-state index in [2.05, 4.69) is 216 Å². The Hall–Kier alpha value is -7.16. The van der Waals surface area contributed by atoms with Crippen molar-refractivity contribution in [2.75, 3.05) is 0 Å². The van der Waals surface area contributed by atoms with Crippen LogP contribution in [-0.2, 0) is 0 Å². The first-order valence-corrected chi connectivity index (χ1v) is 19.0. The Bertz CT molecular complexity index is 3350. The zero-order chi connectivity index (χ0) is 36.5. The first kappa shape index (κ1) is 31.4. The van der Waals surface area contributed by atoms with Crippen LogP contribution in [0.3, 0.4) is 0 Å². The van der Waals surface area contributed by atoms with E-state index < -0.39 is 0 Å². The minimum Gasteiger partial charge on any atom is -0.316 e. The van der Waals surface area contributed by atoms with Crippen molar-refractivity contribution in [1.29, 1.82) is 0 Å². The van der Waals surface area contributed by atoms with Gasteiger partial charge in [-0.15, -0.1) is 0 Å². The van der Waals surface area contributed by atoms with Gasteiger partial charge in [0.25, 0.3) is 0 Å². The zero-order valence-corrected chi connectivity index (χ0v) is 30.4. The number of aryl methyl sites for hydroxylation is 1. The fourth-order valence-electron chi connectivity index (χ4n) is 8.96. The molecule has 2 heteroatoms. The maximum atomic E-state index is 2.44. The lowest BCUT2D eigenvalue weighted by molar-refractivity contribution is 1.12. The Balaban J connectivity index is 1.12. The predicted octanol–water partition coefficient (Wildman–Crippen LogP) is 14.4. The van der Waals surface area contributed by atoms with Gasteiger partial charge in [0.15, 0.2) is 0 Å². The van der Waals surface area contributed by atoms with E-state index in [1.54, 1.807) is 0 Å². The van der Waals surface area contributed by atoms with Crippen molar-refractivity contribution in [2.24, 2.45) is 0 Å². The van der Waals surface area contributed by atoms with E-state index in [9.17, 15) is 0 Å². The summed E-state index contributed by atoms with van der Waals surface area (Å²) in [6.45, 7) is 2.23. The van der Waals surface area contributed by atoms with Gasteiger partial charge in [-0.3, -0.25) is 0 Å².